The van der Waals surface area contributed by atoms with Crippen molar-refractivity contribution >= 4 is 28.8 Å². The summed E-state index contributed by atoms with van der Waals surface area (Å²) in [5.41, 5.74) is 6.37. The number of thiocarbonyl (C=S) groups is 1. The molecule has 1 aromatic carbocycles. The molecule has 74 valence electrons. The van der Waals surface area contributed by atoms with Gasteiger partial charge in [-0.05, 0) is 17.7 Å². The van der Waals surface area contributed by atoms with Crippen LogP contribution >= 0.6 is 23.8 Å². The monoisotopic (exact) mass is 229 g/mol. The van der Waals surface area contributed by atoms with Gasteiger partial charge in [-0.15, -0.1) is 0 Å². The molecular weight excluding hydrogens is 222 g/mol. The van der Waals surface area contributed by atoms with Gasteiger partial charge in [-0.1, -0.05) is 23.8 Å². The van der Waals surface area contributed by atoms with Crippen LogP contribution in [-0.2, 0) is 6.42 Å². The average Bonchev–Trinajstić information content (AvgIpc) is 2.50. The Bertz CT molecular complexity index is 395. The quantitative estimate of drug-likeness (QED) is 0.787. The summed E-state index contributed by atoms with van der Waals surface area (Å²) in [6.07, 6.45) is 0.520. The van der Waals surface area contributed by atoms with E-state index in [1.54, 1.807) is 6.07 Å². The first kappa shape index (κ1) is 9.55. The molecule has 2 N–H and O–H groups in total. The van der Waals surface area contributed by atoms with E-state index in [2.05, 4.69) is 0 Å². The van der Waals surface area contributed by atoms with Crippen LogP contribution in [0.15, 0.2) is 12.1 Å². The number of halogens is 1. The van der Waals surface area contributed by atoms with Crippen LogP contribution in [-0.4, -0.2) is 11.8 Å². The lowest BCUT2D eigenvalue weighted by Crippen LogP contribution is -2.10. The number of ether oxygens (including phenoxy) is 2. The molecule has 1 aliphatic rings. The molecule has 14 heavy (non-hydrogen) atoms. The van der Waals surface area contributed by atoms with Crippen molar-refractivity contribution < 1.29 is 9.47 Å². The van der Waals surface area contributed by atoms with Gasteiger partial charge in [0.05, 0.1) is 10.0 Å². The second-order valence-electron chi connectivity index (χ2n) is 2.95. The highest BCUT2D eigenvalue weighted by molar-refractivity contribution is 7.80. The Balaban J connectivity index is 2.36. The Kier molecular flexibility index (Phi) is 2.48. The maximum Gasteiger partial charge on any atom is 0.231 e. The molecular formula is C9H8ClNO2S. The topological polar surface area (TPSA) is 44.5 Å². The highest BCUT2D eigenvalue weighted by atomic mass is 35.5. The predicted molar refractivity (Wildman–Crippen MR) is 58.1 cm³/mol. The molecule has 0 fully saturated rings. The van der Waals surface area contributed by atoms with Crippen LogP contribution in [0.3, 0.4) is 0 Å². The van der Waals surface area contributed by atoms with Gasteiger partial charge < -0.3 is 15.2 Å². The largest absolute Gasteiger partial charge is 0.454 e. The van der Waals surface area contributed by atoms with Crippen LogP contribution in [0.1, 0.15) is 5.56 Å². The van der Waals surface area contributed by atoms with Gasteiger partial charge in [-0.2, -0.15) is 0 Å². The summed E-state index contributed by atoms with van der Waals surface area (Å²) in [6.45, 7) is 0.214. The Hall–Kier alpha value is -1.00. The van der Waals surface area contributed by atoms with Crippen molar-refractivity contribution in [2.24, 2.45) is 5.73 Å². The number of nitrogens with two attached hydrogens (primary N) is 1. The van der Waals surface area contributed by atoms with Crippen LogP contribution in [0.5, 0.6) is 11.5 Å². The Labute approximate surface area is 91.7 Å². The molecule has 0 radical (unpaired) electrons. The van der Waals surface area contributed by atoms with Crippen LogP contribution in [0.4, 0.5) is 0 Å². The minimum absolute atomic E-state index is 0.214. The van der Waals surface area contributed by atoms with Gasteiger partial charge in [0.1, 0.15) is 0 Å². The summed E-state index contributed by atoms with van der Waals surface area (Å²) in [7, 11) is 0. The SMILES string of the molecule is NC(=S)Cc1cc(Cl)c2c(c1)OCO2. The third-order valence-corrected chi connectivity index (χ3v) is 2.29. The molecule has 0 atom stereocenters. The summed E-state index contributed by atoms with van der Waals surface area (Å²) in [6, 6.07) is 3.63. The predicted octanol–water partition coefficient (Wildman–Crippen LogP) is 1.90. The highest BCUT2D eigenvalue weighted by Crippen LogP contribution is 2.39. The third kappa shape index (κ3) is 1.76. The van der Waals surface area contributed by atoms with Gasteiger partial charge in [0, 0.05) is 6.42 Å². The maximum atomic E-state index is 5.97. The fourth-order valence-corrected chi connectivity index (χ4v) is 1.78. The minimum atomic E-state index is 0.214. The van der Waals surface area contributed by atoms with E-state index < -0.39 is 0 Å². The summed E-state index contributed by atoms with van der Waals surface area (Å²) >= 11 is 10.8. The fraction of sp³-hybridized carbons (Fsp3) is 0.222. The van der Waals surface area contributed by atoms with Crippen molar-refractivity contribution in [3.63, 3.8) is 0 Å². The maximum absolute atomic E-state index is 5.97. The van der Waals surface area contributed by atoms with Crippen molar-refractivity contribution in [2.75, 3.05) is 6.79 Å². The number of benzene rings is 1. The van der Waals surface area contributed by atoms with E-state index in [1.165, 1.54) is 0 Å². The van der Waals surface area contributed by atoms with Crippen molar-refractivity contribution in [3.05, 3.63) is 22.7 Å². The Morgan fingerprint density at radius 1 is 1.50 bits per heavy atom. The molecule has 1 aliphatic heterocycles. The molecule has 1 heterocycles. The molecule has 0 saturated carbocycles. The van der Waals surface area contributed by atoms with Gasteiger partial charge in [0.15, 0.2) is 11.5 Å². The first-order chi connectivity index (χ1) is 6.66. The molecule has 0 unspecified atom stereocenters. The van der Waals surface area contributed by atoms with Gasteiger partial charge in [-0.25, -0.2) is 0 Å². The Morgan fingerprint density at radius 2 is 2.29 bits per heavy atom. The summed E-state index contributed by atoms with van der Waals surface area (Å²) in [4.78, 5) is 0.430. The molecule has 0 bridgehead atoms. The first-order valence-corrected chi connectivity index (χ1v) is 4.82. The number of fused-ring (bicyclic) bond motifs is 1. The van der Waals surface area contributed by atoms with E-state index in [-0.39, 0.29) is 6.79 Å². The molecule has 2 rings (SSSR count). The lowest BCUT2D eigenvalue weighted by atomic mass is 10.1. The van der Waals surface area contributed by atoms with Crippen LogP contribution in [0.2, 0.25) is 5.02 Å². The smallest absolute Gasteiger partial charge is 0.231 e. The van der Waals surface area contributed by atoms with Crippen molar-refractivity contribution in [1.82, 2.24) is 0 Å². The van der Waals surface area contributed by atoms with E-state index in [0.717, 1.165) is 5.56 Å². The average molecular weight is 230 g/mol. The normalized spacial score (nSPS) is 12.9. The minimum Gasteiger partial charge on any atom is -0.454 e. The lowest BCUT2D eigenvalue weighted by Gasteiger charge is -2.03. The van der Waals surface area contributed by atoms with E-state index >= 15 is 0 Å². The summed E-state index contributed by atoms with van der Waals surface area (Å²) in [5.74, 6) is 1.25. The number of hydrogen-bond acceptors (Lipinski definition) is 3. The number of rotatable bonds is 2. The molecule has 0 amide bonds. The molecule has 0 aliphatic carbocycles. The fourth-order valence-electron chi connectivity index (χ4n) is 1.32. The molecule has 0 saturated heterocycles. The van der Waals surface area contributed by atoms with E-state index in [4.69, 9.17) is 39.0 Å². The highest BCUT2D eigenvalue weighted by Gasteiger charge is 2.18. The van der Waals surface area contributed by atoms with Gasteiger partial charge in [0.2, 0.25) is 6.79 Å². The zero-order valence-corrected chi connectivity index (χ0v) is 8.82. The molecule has 1 aromatic rings. The van der Waals surface area contributed by atoms with Crippen molar-refractivity contribution in [2.45, 2.75) is 6.42 Å². The number of hydrogen-bond donors (Lipinski definition) is 1. The summed E-state index contributed by atoms with van der Waals surface area (Å²) in [5, 5.41) is 0.534. The van der Waals surface area contributed by atoms with Crippen LogP contribution < -0.4 is 15.2 Å². The molecule has 0 aromatic heterocycles. The standard InChI is InChI=1S/C9H8ClNO2S/c10-6-1-5(3-8(11)14)2-7-9(6)13-4-12-7/h1-2H,3-4H2,(H2,11,14). The molecule has 3 nitrogen and oxygen atoms in total. The molecule has 5 heteroatoms. The van der Waals surface area contributed by atoms with E-state index in [9.17, 15) is 0 Å². The molecule has 0 spiro atoms. The van der Waals surface area contributed by atoms with E-state index in [0.29, 0.717) is 27.9 Å². The second-order valence-corrected chi connectivity index (χ2v) is 3.89. The Morgan fingerprint density at radius 3 is 3.00 bits per heavy atom. The van der Waals surface area contributed by atoms with Gasteiger partial charge in [0.25, 0.3) is 0 Å². The zero-order chi connectivity index (χ0) is 10.1. The summed E-state index contributed by atoms with van der Waals surface area (Å²) < 4.78 is 10.4. The van der Waals surface area contributed by atoms with Crippen molar-refractivity contribution in [3.8, 4) is 11.5 Å². The van der Waals surface area contributed by atoms with Crippen molar-refractivity contribution in [1.29, 1.82) is 0 Å². The second kappa shape index (κ2) is 3.63. The zero-order valence-electron chi connectivity index (χ0n) is 7.25. The van der Waals surface area contributed by atoms with Crippen LogP contribution in [0, 0.1) is 0 Å². The van der Waals surface area contributed by atoms with E-state index in [1.807, 2.05) is 6.07 Å². The van der Waals surface area contributed by atoms with Gasteiger partial charge >= 0.3 is 0 Å². The first-order valence-electron chi connectivity index (χ1n) is 4.03. The third-order valence-electron chi connectivity index (χ3n) is 1.87. The van der Waals surface area contributed by atoms with Gasteiger partial charge in [-0.3, -0.25) is 0 Å². The van der Waals surface area contributed by atoms with Crippen LogP contribution in [0.25, 0.3) is 0 Å². The lowest BCUT2D eigenvalue weighted by molar-refractivity contribution is 0.174.